The molecule has 0 bridgehead atoms. The van der Waals surface area contributed by atoms with Crippen molar-refractivity contribution in [2.45, 2.75) is 25.9 Å². The van der Waals surface area contributed by atoms with Gasteiger partial charge in [0.15, 0.2) is 0 Å². The molecule has 124 valence electrons. The highest BCUT2D eigenvalue weighted by molar-refractivity contribution is 14.1. The third-order valence-corrected chi connectivity index (χ3v) is 3.17. The molecule has 0 fully saturated rings. The van der Waals surface area contributed by atoms with Crippen molar-refractivity contribution >= 4 is 28.6 Å². The molecule has 0 unspecified atom stereocenters. The Labute approximate surface area is 133 Å². The predicted octanol–water partition coefficient (Wildman–Crippen LogP) is 3.71. The quantitative estimate of drug-likeness (QED) is 0.405. The maximum Gasteiger partial charge on any atom is 0.574 e. The van der Waals surface area contributed by atoms with Crippen LogP contribution >= 0.6 is 22.6 Å². The van der Waals surface area contributed by atoms with Crippen LogP contribution in [0.1, 0.15) is 18.2 Å². The monoisotopic (exact) mass is 443 g/mol. The van der Waals surface area contributed by atoms with E-state index in [9.17, 15) is 31.1 Å². The summed E-state index contributed by atoms with van der Waals surface area (Å²) < 4.78 is 82.3. The standard InChI is InChI=1S/C11H8F6INO3/c1-2-21-7(20)4-5-3-6(10(12,13)14)8(18)9(19-5)22-11(15,16)17/h3H,2,4H2,1H3. The van der Waals surface area contributed by atoms with Crippen LogP contribution in [0.25, 0.3) is 0 Å². The largest absolute Gasteiger partial charge is 0.574 e. The van der Waals surface area contributed by atoms with Crippen molar-refractivity contribution in [1.82, 2.24) is 4.98 Å². The highest BCUT2D eigenvalue weighted by Gasteiger charge is 2.39. The third-order valence-electron chi connectivity index (χ3n) is 2.13. The van der Waals surface area contributed by atoms with E-state index in [0.717, 1.165) is 22.6 Å². The molecule has 0 N–H and O–H groups in total. The second-order valence-electron chi connectivity index (χ2n) is 3.81. The van der Waals surface area contributed by atoms with Gasteiger partial charge in [0.2, 0.25) is 5.88 Å². The molecule has 0 saturated carbocycles. The molecule has 0 radical (unpaired) electrons. The van der Waals surface area contributed by atoms with Gasteiger partial charge in [0.1, 0.15) is 0 Å². The minimum absolute atomic E-state index is 0.0266. The summed E-state index contributed by atoms with van der Waals surface area (Å²) in [6, 6.07) is 0.488. The first kappa shape index (κ1) is 18.8. The maximum absolute atomic E-state index is 12.8. The molecule has 1 rings (SSSR count). The minimum Gasteiger partial charge on any atom is -0.466 e. The molecule has 0 atom stereocenters. The average Bonchev–Trinajstić information content (AvgIpc) is 2.30. The molecule has 0 amide bonds. The number of hydrogen-bond acceptors (Lipinski definition) is 4. The van der Waals surface area contributed by atoms with E-state index in [1.165, 1.54) is 6.92 Å². The summed E-state index contributed by atoms with van der Waals surface area (Å²) in [5.74, 6) is -2.18. The van der Waals surface area contributed by atoms with E-state index in [0.29, 0.717) is 6.07 Å². The summed E-state index contributed by atoms with van der Waals surface area (Å²) in [5.41, 5.74) is -1.91. The highest BCUT2D eigenvalue weighted by Crippen LogP contribution is 2.38. The molecule has 0 aliphatic rings. The summed E-state index contributed by atoms with van der Waals surface area (Å²) in [6.07, 6.45) is -10.8. The molecule has 4 nitrogen and oxygen atoms in total. The van der Waals surface area contributed by atoms with Gasteiger partial charge in [0.05, 0.1) is 27.9 Å². The number of carbonyl (C=O) groups is 1. The number of pyridine rings is 1. The lowest BCUT2D eigenvalue weighted by molar-refractivity contribution is -0.276. The number of aromatic nitrogens is 1. The summed E-state index contributed by atoms with van der Waals surface area (Å²) in [5, 5.41) is 0. The molecule has 0 spiro atoms. The van der Waals surface area contributed by atoms with Gasteiger partial charge < -0.3 is 9.47 Å². The number of ether oxygens (including phenoxy) is 2. The van der Waals surface area contributed by atoms with Gasteiger partial charge in [0.25, 0.3) is 0 Å². The number of esters is 1. The van der Waals surface area contributed by atoms with E-state index in [1.54, 1.807) is 0 Å². The zero-order chi connectivity index (χ0) is 17.1. The van der Waals surface area contributed by atoms with E-state index < -0.39 is 45.6 Å². The molecule has 11 heteroatoms. The van der Waals surface area contributed by atoms with Gasteiger partial charge in [-0.3, -0.25) is 4.79 Å². The van der Waals surface area contributed by atoms with Crippen LogP contribution < -0.4 is 4.74 Å². The van der Waals surface area contributed by atoms with Crippen molar-refractivity contribution in [3.8, 4) is 5.88 Å². The zero-order valence-corrected chi connectivity index (χ0v) is 13.0. The van der Waals surface area contributed by atoms with Gasteiger partial charge in [-0.05, 0) is 35.6 Å². The lowest BCUT2D eigenvalue weighted by Gasteiger charge is -2.15. The van der Waals surface area contributed by atoms with Gasteiger partial charge in [-0.15, -0.1) is 13.2 Å². The van der Waals surface area contributed by atoms with Crippen LogP contribution in [0, 0.1) is 3.57 Å². The van der Waals surface area contributed by atoms with E-state index in [4.69, 9.17) is 0 Å². The molecule has 0 aliphatic carbocycles. The van der Waals surface area contributed by atoms with Crippen LogP contribution in [-0.4, -0.2) is 23.9 Å². The van der Waals surface area contributed by atoms with Crippen LogP contribution in [0.5, 0.6) is 5.88 Å². The number of hydrogen-bond donors (Lipinski definition) is 0. The summed E-state index contributed by atoms with van der Waals surface area (Å²) in [7, 11) is 0. The first-order chi connectivity index (χ1) is 9.94. The Kier molecular flexibility index (Phi) is 5.87. The predicted molar refractivity (Wildman–Crippen MR) is 69.0 cm³/mol. The fourth-order valence-electron chi connectivity index (χ4n) is 1.39. The first-order valence-electron chi connectivity index (χ1n) is 5.62. The Morgan fingerprint density at radius 2 is 1.86 bits per heavy atom. The lowest BCUT2D eigenvalue weighted by Crippen LogP contribution is -2.21. The molecule has 0 aliphatic heterocycles. The third kappa shape index (κ3) is 5.50. The van der Waals surface area contributed by atoms with Crippen molar-refractivity contribution in [2.24, 2.45) is 0 Å². The summed E-state index contributed by atoms with van der Waals surface area (Å²) >= 11 is 1.05. The van der Waals surface area contributed by atoms with E-state index in [1.807, 2.05) is 0 Å². The fraction of sp³-hybridized carbons (Fsp3) is 0.455. The SMILES string of the molecule is CCOC(=O)Cc1cc(C(F)(F)F)c(I)c(OC(F)(F)F)n1. The number of nitrogens with zero attached hydrogens (tertiary/aromatic N) is 1. The molecule has 1 heterocycles. The fourth-order valence-corrected chi connectivity index (χ4v) is 2.08. The van der Waals surface area contributed by atoms with Crippen molar-refractivity contribution < 1.29 is 40.6 Å². The zero-order valence-electron chi connectivity index (χ0n) is 10.8. The second-order valence-corrected chi connectivity index (χ2v) is 4.89. The maximum atomic E-state index is 12.8. The van der Waals surface area contributed by atoms with Gasteiger partial charge in [-0.2, -0.15) is 13.2 Å². The molecule has 22 heavy (non-hydrogen) atoms. The Bertz CT molecular complexity index is 558. The number of alkyl halides is 6. The first-order valence-corrected chi connectivity index (χ1v) is 6.70. The van der Waals surface area contributed by atoms with E-state index in [-0.39, 0.29) is 6.61 Å². The number of carbonyl (C=O) groups excluding carboxylic acids is 1. The minimum atomic E-state index is -5.21. The number of halogens is 7. The molecular formula is C11H8F6INO3. The van der Waals surface area contributed by atoms with Crippen LogP contribution in [0.4, 0.5) is 26.3 Å². The second kappa shape index (κ2) is 6.87. The van der Waals surface area contributed by atoms with E-state index in [2.05, 4.69) is 14.5 Å². The molecule has 0 saturated heterocycles. The van der Waals surface area contributed by atoms with Gasteiger partial charge in [0, 0.05) is 0 Å². The molecule has 0 aromatic carbocycles. The molecular weight excluding hydrogens is 435 g/mol. The normalized spacial score (nSPS) is 12.2. The van der Waals surface area contributed by atoms with Gasteiger partial charge >= 0.3 is 18.5 Å². The van der Waals surface area contributed by atoms with Crippen molar-refractivity contribution in [1.29, 1.82) is 0 Å². The highest BCUT2D eigenvalue weighted by atomic mass is 127. The van der Waals surface area contributed by atoms with Gasteiger partial charge in [-0.1, -0.05) is 0 Å². The Morgan fingerprint density at radius 1 is 1.27 bits per heavy atom. The Hall–Kier alpha value is -1.27. The topological polar surface area (TPSA) is 48.4 Å². The molecule has 1 aromatic heterocycles. The lowest BCUT2D eigenvalue weighted by atomic mass is 10.2. The Balaban J connectivity index is 3.29. The van der Waals surface area contributed by atoms with Gasteiger partial charge in [-0.25, -0.2) is 4.98 Å². The molecule has 1 aromatic rings. The Morgan fingerprint density at radius 3 is 2.32 bits per heavy atom. The smallest absolute Gasteiger partial charge is 0.466 e. The van der Waals surface area contributed by atoms with Crippen molar-refractivity contribution in [3.05, 3.63) is 20.9 Å². The van der Waals surface area contributed by atoms with Crippen molar-refractivity contribution in [2.75, 3.05) is 6.61 Å². The van der Waals surface area contributed by atoms with Crippen LogP contribution in [0.3, 0.4) is 0 Å². The van der Waals surface area contributed by atoms with Crippen molar-refractivity contribution in [3.63, 3.8) is 0 Å². The van der Waals surface area contributed by atoms with Crippen LogP contribution in [-0.2, 0) is 22.1 Å². The summed E-state index contributed by atoms with van der Waals surface area (Å²) in [6.45, 7) is 1.44. The van der Waals surface area contributed by atoms with E-state index >= 15 is 0 Å². The number of rotatable bonds is 4. The van der Waals surface area contributed by atoms with Crippen LogP contribution in [0.2, 0.25) is 0 Å². The average molecular weight is 443 g/mol. The van der Waals surface area contributed by atoms with Crippen LogP contribution in [0.15, 0.2) is 6.07 Å². The summed E-state index contributed by atoms with van der Waals surface area (Å²) in [4.78, 5) is 14.6.